The zero-order valence-corrected chi connectivity index (χ0v) is 18.6. The smallest absolute Gasteiger partial charge is 0.426 e. The number of unbranched alkanes of at least 4 members (excludes halogenated alkanes) is 1. The monoisotopic (exact) mass is 420 g/mol. The number of rotatable bonds is 14. The highest BCUT2D eigenvalue weighted by Crippen LogP contribution is 2.33. The molecule has 0 heterocycles. The fourth-order valence-electron chi connectivity index (χ4n) is 2.97. The summed E-state index contributed by atoms with van der Waals surface area (Å²) in [6, 6.07) is 4.91. The first kappa shape index (κ1) is 25.2. The zero-order chi connectivity index (χ0) is 22.4. The summed E-state index contributed by atoms with van der Waals surface area (Å²) in [4.78, 5) is 28.9. The highest BCUT2D eigenvalue weighted by atomic mass is 16.5. The van der Waals surface area contributed by atoms with Crippen LogP contribution in [-0.2, 0) is 19.1 Å². The fourth-order valence-corrected chi connectivity index (χ4v) is 2.97. The number of ether oxygens (including phenoxy) is 3. The summed E-state index contributed by atoms with van der Waals surface area (Å²) in [5.41, 5.74) is 0.858. The van der Waals surface area contributed by atoms with E-state index in [1.165, 1.54) is 0 Å². The summed E-state index contributed by atoms with van der Waals surface area (Å²) in [5.74, 6) is -0.116. The predicted molar refractivity (Wildman–Crippen MR) is 115 cm³/mol. The second kappa shape index (κ2) is 14.2. The molecule has 8 heteroatoms. The van der Waals surface area contributed by atoms with Crippen LogP contribution in [0.1, 0.15) is 53.4 Å². The second-order valence-electron chi connectivity index (χ2n) is 6.95. The van der Waals surface area contributed by atoms with Gasteiger partial charge in [0.2, 0.25) is 11.1 Å². The molecule has 1 unspecified atom stereocenters. The van der Waals surface area contributed by atoms with Crippen LogP contribution in [-0.4, -0.2) is 44.8 Å². The highest BCUT2D eigenvalue weighted by molar-refractivity contribution is 5.82. The van der Waals surface area contributed by atoms with Gasteiger partial charge in [-0.1, -0.05) is 33.1 Å². The molecule has 0 radical (unpaired) electrons. The minimum atomic E-state index is -0.453. The van der Waals surface area contributed by atoms with Crippen LogP contribution in [0.2, 0.25) is 0 Å². The quantitative estimate of drug-likeness (QED) is 0.318. The van der Waals surface area contributed by atoms with Gasteiger partial charge in [-0.15, -0.1) is 0 Å². The van der Waals surface area contributed by atoms with Crippen LogP contribution in [0.3, 0.4) is 0 Å². The number of nitrogens with zero attached hydrogens (tertiary/aromatic N) is 3. The lowest BCUT2D eigenvalue weighted by molar-refractivity contribution is -0.142. The van der Waals surface area contributed by atoms with Crippen LogP contribution in [0.15, 0.2) is 18.2 Å². The van der Waals surface area contributed by atoms with Crippen LogP contribution < -0.4 is 9.64 Å². The second-order valence-corrected chi connectivity index (χ2v) is 6.95. The first-order valence-corrected chi connectivity index (χ1v) is 10.7. The average molecular weight is 421 g/mol. The molecule has 0 fully saturated rings. The largest absolute Gasteiger partial charge is 0.486 e. The van der Waals surface area contributed by atoms with E-state index in [1.807, 2.05) is 0 Å². The maximum Gasteiger partial charge on any atom is 0.426 e. The van der Waals surface area contributed by atoms with Crippen molar-refractivity contribution in [3.63, 3.8) is 0 Å². The number of hydrogen-bond acceptors (Lipinski definition) is 7. The van der Waals surface area contributed by atoms with Gasteiger partial charge in [0.15, 0.2) is 4.98 Å². The Labute approximate surface area is 179 Å². The molecule has 0 aliphatic heterocycles. The molecule has 8 nitrogen and oxygen atoms in total. The molecule has 30 heavy (non-hydrogen) atoms. The first-order chi connectivity index (χ1) is 14.5. The van der Waals surface area contributed by atoms with E-state index in [0.717, 1.165) is 25.7 Å². The van der Waals surface area contributed by atoms with E-state index >= 15 is 0 Å². The highest BCUT2D eigenvalue weighted by Gasteiger charge is 2.22. The Balaban J connectivity index is 3.06. The van der Waals surface area contributed by atoms with Crippen LogP contribution >= 0.6 is 0 Å². The Morgan fingerprint density at radius 2 is 1.70 bits per heavy atom. The van der Waals surface area contributed by atoms with Gasteiger partial charge in [0.1, 0.15) is 13.1 Å². The molecule has 166 valence electrons. The molecule has 1 aromatic rings. The molecule has 0 saturated heterocycles. The van der Waals surface area contributed by atoms with Crippen LogP contribution in [0.4, 0.5) is 11.4 Å². The van der Waals surface area contributed by atoms with Gasteiger partial charge in [0.05, 0.1) is 19.8 Å². The zero-order valence-electron chi connectivity index (χ0n) is 18.6. The molecular weight excluding hydrogens is 386 g/mol. The van der Waals surface area contributed by atoms with Crippen molar-refractivity contribution >= 4 is 23.3 Å². The van der Waals surface area contributed by atoms with Gasteiger partial charge in [-0.2, -0.15) is 0 Å². The van der Waals surface area contributed by atoms with Crippen molar-refractivity contribution in [2.75, 3.05) is 37.8 Å². The van der Waals surface area contributed by atoms with Crippen LogP contribution in [0, 0.1) is 11.3 Å². The number of carbonyl (C=O) groups excluding carboxylic acids is 2. The number of anilines is 1. The number of carbonyl (C=O) groups is 2. The van der Waals surface area contributed by atoms with Gasteiger partial charge in [-0.3, -0.25) is 9.59 Å². The van der Waals surface area contributed by atoms with Crippen LogP contribution in [0.25, 0.3) is 4.98 Å². The van der Waals surface area contributed by atoms with Crippen molar-refractivity contribution in [3.8, 4) is 5.75 Å². The maximum absolute atomic E-state index is 12.0. The average Bonchev–Trinajstić information content (AvgIpc) is 2.73. The van der Waals surface area contributed by atoms with Crippen molar-refractivity contribution in [2.45, 2.75) is 53.4 Å². The SMILES string of the molecule is CCCCC(CC)COc1cc(N(CC(=O)OCC)CC(=O)OCC)ccc1[N+]#N. The number of esters is 2. The van der Waals surface area contributed by atoms with E-state index in [2.05, 4.69) is 18.8 Å². The third kappa shape index (κ3) is 8.68. The van der Waals surface area contributed by atoms with Gasteiger partial charge >= 0.3 is 17.6 Å². The lowest BCUT2D eigenvalue weighted by atomic mass is 10.0. The molecule has 0 N–H and O–H groups in total. The molecule has 0 saturated carbocycles. The van der Waals surface area contributed by atoms with Gasteiger partial charge in [-0.05, 0) is 32.3 Å². The van der Waals surface area contributed by atoms with E-state index < -0.39 is 11.9 Å². The molecule has 1 atom stereocenters. The first-order valence-electron chi connectivity index (χ1n) is 10.7. The fraction of sp³-hybridized carbons (Fsp3) is 0.636. The van der Waals surface area contributed by atoms with E-state index in [0.29, 0.717) is 24.0 Å². The Bertz CT molecular complexity index is 697. The van der Waals surface area contributed by atoms with Crippen molar-refractivity contribution in [1.29, 1.82) is 5.39 Å². The molecule has 0 amide bonds. The summed E-state index contributed by atoms with van der Waals surface area (Å²) < 4.78 is 16.0. The lowest BCUT2D eigenvalue weighted by Crippen LogP contribution is -2.36. The molecule has 1 rings (SSSR count). The summed E-state index contributed by atoms with van der Waals surface area (Å²) in [5, 5.41) is 9.33. The number of benzene rings is 1. The van der Waals surface area contributed by atoms with Gasteiger partial charge in [-0.25, -0.2) is 0 Å². The third-order valence-electron chi connectivity index (χ3n) is 4.68. The Morgan fingerprint density at radius 1 is 1.07 bits per heavy atom. The van der Waals surface area contributed by atoms with Crippen molar-refractivity contribution in [1.82, 2.24) is 0 Å². The molecule has 1 aromatic carbocycles. The van der Waals surface area contributed by atoms with Crippen molar-refractivity contribution in [3.05, 3.63) is 23.2 Å². The van der Waals surface area contributed by atoms with Gasteiger partial charge < -0.3 is 19.1 Å². The molecule has 0 bridgehead atoms. The van der Waals surface area contributed by atoms with E-state index in [-0.39, 0.29) is 32.0 Å². The molecular formula is C22H34N3O5+. The molecule has 0 aliphatic carbocycles. The Kier molecular flexibility index (Phi) is 11.9. The summed E-state index contributed by atoms with van der Waals surface area (Å²) in [6.07, 6.45) is 4.31. The van der Waals surface area contributed by atoms with E-state index in [9.17, 15) is 15.0 Å². The Hall–Kier alpha value is -2.82. The summed E-state index contributed by atoms with van der Waals surface area (Å²) in [7, 11) is 0. The van der Waals surface area contributed by atoms with Crippen molar-refractivity contribution in [2.24, 2.45) is 5.92 Å². The van der Waals surface area contributed by atoms with E-state index in [1.54, 1.807) is 36.9 Å². The minimum absolute atomic E-state index is 0.115. The Morgan fingerprint density at radius 3 is 2.20 bits per heavy atom. The van der Waals surface area contributed by atoms with E-state index in [4.69, 9.17) is 14.2 Å². The van der Waals surface area contributed by atoms with Crippen molar-refractivity contribution < 1.29 is 23.8 Å². The minimum Gasteiger partial charge on any atom is -0.486 e. The maximum atomic E-state index is 12.0. The van der Waals surface area contributed by atoms with Gasteiger partial charge in [0.25, 0.3) is 0 Å². The molecule has 0 spiro atoms. The summed E-state index contributed by atoms with van der Waals surface area (Å²) >= 11 is 0. The molecule has 0 aromatic heterocycles. The van der Waals surface area contributed by atoms with Crippen LogP contribution in [0.5, 0.6) is 5.75 Å². The number of diazo groups is 1. The standard InChI is InChI=1S/C22H34N3O5/c1-5-9-10-17(6-2)16-30-20-13-18(11-12-19(20)24-23)25(14-21(26)28-7-3)15-22(27)29-8-4/h11-13,17H,5-10,14-16H2,1-4H3/q+1. The molecule has 0 aliphatic rings. The lowest BCUT2D eigenvalue weighted by Gasteiger charge is -2.23. The van der Waals surface area contributed by atoms with Gasteiger partial charge in [0, 0.05) is 17.8 Å². The number of hydrogen-bond donors (Lipinski definition) is 0. The normalized spacial score (nSPS) is 11.3. The summed E-state index contributed by atoms with van der Waals surface area (Å²) in [6.45, 7) is 8.49. The predicted octanol–water partition coefficient (Wildman–Crippen LogP) is 4.70. The topological polar surface area (TPSA) is 93.2 Å². The third-order valence-corrected chi connectivity index (χ3v) is 4.68.